The lowest BCUT2D eigenvalue weighted by Crippen LogP contribution is -2.40. The van der Waals surface area contributed by atoms with Crippen molar-refractivity contribution >= 4 is 34.5 Å². The molecule has 1 unspecified atom stereocenters. The van der Waals surface area contributed by atoms with Crippen LogP contribution < -0.4 is 15.4 Å². The number of rotatable bonds is 10. The van der Waals surface area contributed by atoms with Crippen molar-refractivity contribution in [1.29, 1.82) is 0 Å². The Hall–Kier alpha value is -3.92. The van der Waals surface area contributed by atoms with Gasteiger partial charge in [0.2, 0.25) is 11.8 Å². The van der Waals surface area contributed by atoms with Crippen molar-refractivity contribution in [3.8, 4) is 17.1 Å². The van der Waals surface area contributed by atoms with Crippen LogP contribution >= 0.6 is 11.8 Å². The molecule has 0 radical (unpaired) electrons. The highest BCUT2D eigenvalue weighted by Crippen LogP contribution is 2.37. The fraction of sp³-hybridized carbons (Fsp3) is 0.310. The zero-order valence-corrected chi connectivity index (χ0v) is 22.7. The van der Waals surface area contributed by atoms with Crippen LogP contribution in [0.3, 0.4) is 0 Å². The number of thioether (sulfide) groups is 1. The molecule has 2 amide bonds. The summed E-state index contributed by atoms with van der Waals surface area (Å²) in [7, 11) is 1.59. The quantitative estimate of drug-likeness (QED) is 0.186. The van der Waals surface area contributed by atoms with Crippen LogP contribution in [-0.4, -0.2) is 46.7 Å². The monoisotopic (exact) mass is 547 g/mol. The van der Waals surface area contributed by atoms with E-state index >= 15 is 0 Å². The average Bonchev–Trinajstić information content (AvgIpc) is 3.60. The first kappa shape index (κ1) is 26.7. The van der Waals surface area contributed by atoms with Crippen LogP contribution in [0.15, 0.2) is 59.6 Å². The van der Waals surface area contributed by atoms with Gasteiger partial charge in [-0.1, -0.05) is 18.2 Å². The number of para-hydroxylation sites is 1. The van der Waals surface area contributed by atoms with Crippen molar-refractivity contribution in [2.24, 2.45) is 0 Å². The normalized spacial score (nSPS) is 16.8. The molecule has 1 aliphatic heterocycles. The highest BCUT2D eigenvalue weighted by Gasteiger charge is 2.41. The predicted molar refractivity (Wildman–Crippen MR) is 149 cm³/mol. The Balaban J connectivity index is 1.27. The van der Waals surface area contributed by atoms with Crippen molar-refractivity contribution < 1.29 is 18.7 Å². The van der Waals surface area contributed by atoms with E-state index in [1.54, 1.807) is 13.3 Å². The van der Waals surface area contributed by atoms with Gasteiger partial charge in [-0.2, -0.15) is 0 Å². The molecule has 202 valence electrons. The van der Waals surface area contributed by atoms with Gasteiger partial charge in [0.05, 0.1) is 41.2 Å². The molecule has 0 bridgehead atoms. The number of benzene rings is 2. The molecule has 3 heterocycles. The Bertz CT molecular complexity index is 1520. The Labute approximate surface area is 230 Å². The van der Waals surface area contributed by atoms with Crippen molar-refractivity contribution in [2.75, 3.05) is 19.9 Å². The van der Waals surface area contributed by atoms with Crippen molar-refractivity contribution in [1.82, 2.24) is 25.6 Å². The highest BCUT2D eigenvalue weighted by molar-refractivity contribution is 7.98. The third-order valence-electron chi connectivity index (χ3n) is 7.08. The number of unbranched alkanes of at least 4 members (excludes halogenated alkanes) is 1. The maximum absolute atomic E-state index is 13.5. The Morgan fingerprint density at radius 3 is 2.82 bits per heavy atom. The number of H-pyrrole nitrogens is 1. The number of nitrogens with one attached hydrogen (secondary N) is 3. The second-order valence-corrected chi connectivity index (χ2v) is 10.4. The molecule has 2 aromatic carbocycles. The third kappa shape index (κ3) is 5.61. The molecule has 0 spiro atoms. The second kappa shape index (κ2) is 11.4. The number of carbonyl (C=O) groups excluding carboxylic acids is 2. The fourth-order valence-corrected chi connectivity index (χ4v) is 5.66. The lowest BCUT2D eigenvalue weighted by atomic mass is 9.90. The number of ether oxygens (including phenoxy) is 1. The number of halogens is 1. The summed E-state index contributed by atoms with van der Waals surface area (Å²) in [5.41, 5.74) is 2.25. The average molecular weight is 548 g/mol. The zero-order valence-electron chi connectivity index (χ0n) is 21.8. The summed E-state index contributed by atoms with van der Waals surface area (Å²) in [6.07, 6.45) is 6.77. The molecule has 8 nitrogen and oxygen atoms in total. The lowest BCUT2D eigenvalue weighted by Gasteiger charge is -2.27. The Kier molecular flexibility index (Phi) is 7.83. The number of aromatic nitrogens is 3. The molecule has 0 saturated carbocycles. The molecule has 1 saturated heterocycles. The van der Waals surface area contributed by atoms with Crippen LogP contribution in [0.1, 0.15) is 48.3 Å². The van der Waals surface area contributed by atoms with Gasteiger partial charge >= 0.3 is 0 Å². The molecular weight excluding hydrogens is 517 g/mol. The van der Waals surface area contributed by atoms with Gasteiger partial charge in [-0.15, -0.1) is 11.8 Å². The number of hydrogen-bond donors (Lipinski definition) is 3. The van der Waals surface area contributed by atoms with Crippen molar-refractivity contribution in [2.45, 2.75) is 42.5 Å². The zero-order chi connectivity index (χ0) is 27.4. The van der Waals surface area contributed by atoms with Crippen LogP contribution in [0.2, 0.25) is 0 Å². The number of methoxy groups -OCH3 is 1. The first-order valence-electron chi connectivity index (χ1n) is 12.8. The first-order valence-corrected chi connectivity index (χ1v) is 14.1. The number of fused-ring (bicyclic) bond motifs is 1. The van der Waals surface area contributed by atoms with E-state index in [1.165, 1.54) is 30.0 Å². The molecule has 39 heavy (non-hydrogen) atoms. The molecule has 5 rings (SSSR count). The van der Waals surface area contributed by atoms with Crippen LogP contribution in [0.5, 0.6) is 5.88 Å². The predicted octanol–water partition coefficient (Wildman–Crippen LogP) is 5.20. The molecule has 1 aliphatic rings. The standard InChI is InChI=1S/C29H30FN5O3S/c1-38-27-21(15-18-7-3-4-8-22(18)33-27)23-17-32-28(34-23)29(13-11-25(36)35-29)12-5-6-14-31-26(37)20-10-9-19(30)16-24(20)39-2/h3-4,7-10,15-17H,5-6,11-14H2,1-2H3,(H,31,37)(H,32,34)(H,35,36). The summed E-state index contributed by atoms with van der Waals surface area (Å²) < 4.78 is 19.1. The molecule has 1 fully saturated rings. The van der Waals surface area contributed by atoms with E-state index < -0.39 is 5.54 Å². The molecular formula is C29H30FN5O3S. The molecule has 0 aliphatic carbocycles. The number of nitrogens with zero attached hydrogens (tertiary/aromatic N) is 2. The minimum absolute atomic E-state index is 0.00731. The summed E-state index contributed by atoms with van der Waals surface area (Å²) in [6.45, 7) is 0.470. The number of amides is 2. The largest absolute Gasteiger partial charge is 0.480 e. The summed E-state index contributed by atoms with van der Waals surface area (Å²) in [6, 6.07) is 14.0. The minimum atomic E-state index is -0.611. The van der Waals surface area contributed by atoms with E-state index in [9.17, 15) is 14.0 Å². The summed E-state index contributed by atoms with van der Waals surface area (Å²) in [5, 5.41) is 7.06. The smallest absolute Gasteiger partial charge is 0.252 e. The summed E-state index contributed by atoms with van der Waals surface area (Å²) in [4.78, 5) is 38.3. The number of imidazole rings is 1. The van der Waals surface area contributed by atoms with Crippen LogP contribution in [-0.2, 0) is 10.3 Å². The van der Waals surface area contributed by atoms with E-state index in [2.05, 4.69) is 25.6 Å². The maximum atomic E-state index is 13.5. The number of pyridine rings is 1. The van der Waals surface area contributed by atoms with E-state index in [4.69, 9.17) is 4.74 Å². The van der Waals surface area contributed by atoms with Gasteiger partial charge in [0.25, 0.3) is 5.91 Å². The van der Waals surface area contributed by atoms with Gasteiger partial charge in [0.15, 0.2) is 0 Å². The summed E-state index contributed by atoms with van der Waals surface area (Å²) >= 11 is 1.34. The third-order valence-corrected chi connectivity index (χ3v) is 7.86. The molecule has 4 aromatic rings. The van der Waals surface area contributed by atoms with Crippen molar-refractivity contribution in [3.05, 3.63) is 71.9 Å². The van der Waals surface area contributed by atoms with Gasteiger partial charge in [-0.05, 0) is 62.3 Å². The van der Waals surface area contributed by atoms with Gasteiger partial charge in [0, 0.05) is 23.2 Å². The topological polar surface area (TPSA) is 109 Å². The first-order chi connectivity index (χ1) is 18.9. The maximum Gasteiger partial charge on any atom is 0.252 e. The van der Waals surface area contributed by atoms with Gasteiger partial charge in [-0.3, -0.25) is 9.59 Å². The number of aromatic amines is 1. The van der Waals surface area contributed by atoms with E-state index in [-0.39, 0.29) is 17.6 Å². The van der Waals surface area contributed by atoms with E-state index in [1.807, 2.05) is 36.6 Å². The number of hydrogen-bond acceptors (Lipinski definition) is 6. The van der Waals surface area contributed by atoms with Crippen LogP contribution in [0.4, 0.5) is 4.39 Å². The minimum Gasteiger partial charge on any atom is -0.480 e. The van der Waals surface area contributed by atoms with Crippen LogP contribution in [0.25, 0.3) is 22.2 Å². The Morgan fingerprint density at radius 1 is 1.21 bits per heavy atom. The van der Waals surface area contributed by atoms with Crippen LogP contribution in [0, 0.1) is 5.82 Å². The molecule has 1 atom stereocenters. The van der Waals surface area contributed by atoms with Crippen molar-refractivity contribution in [3.63, 3.8) is 0 Å². The highest BCUT2D eigenvalue weighted by atomic mass is 32.2. The Morgan fingerprint density at radius 2 is 2.05 bits per heavy atom. The van der Waals surface area contributed by atoms with Gasteiger partial charge in [-0.25, -0.2) is 14.4 Å². The van der Waals surface area contributed by atoms with Gasteiger partial charge in [0.1, 0.15) is 11.6 Å². The molecule has 2 aromatic heterocycles. The molecule has 3 N–H and O–H groups in total. The van der Waals surface area contributed by atoms with E-state index in [0.717, 1.165) is 35.0 Å². The number of carbonyl (C=O) groups is 2. The second-order valence-electron chi connectivity index (χ2n) is 9.57. The van der Waals surface area contributed by atoms with E-state index in [0.29, 0.717) is 48.0 Å². The van der Waals surface area contributed by atoms with Gasteiger partial charge < -0.3 is 20.4 Å². The summed E-state index contributed by atoms with van der Waals surface area (Å²) in [5.74, 6) is 0.591. The lowest BCUT2D eigenvalue weighted by molar-refractivity contribution is -0.120. The SMILES string of the molecule is COc1nc2ccccc2cc1-c1cnc(C2(CCCCNC(=O)c3ccc(F)cc3SC)CCC(=O)N2)[nH]1. The molecule has 10 heteroatoms. The fourth-order valence-electron chi connectivity index (χ4n) is 5.05.